The molecule has 1 heterocycles. The summed E-state index contributed by atoms with van der Waals surface area (Å²) in [4.78, 5) is 40.0. The maximum Gasteiger partial charge on any atom is 0.416 e. The minimum Gasteiger partial charge on any atom is -0.489 e. The van der Waals surface area contributed by atoms with Crippen LogP contribution < -0.4 is 10.1 Å². The summed E-state index contributed by atoms with van der Waals surface area (Å²) in [5, 5.41) is 12.8. The lowest BCUT2D eigenvalue weighted by molar-refractivity contribution is -0.136. The van der Waals surface area contributed by atoms with Crippen molar-refractivity contribution in [2.45, 2.75) is 44.4 Å². The molecule has 3 aromatic rings. The van der Waals surface area contributed by atoms with Gasteiger partial charge in [0, 0.05) is 6.42 Å². The van der Waals surface area contributed by atoms with Crippen molar-refractivity contribution >= 4 is 17.9 Å². The van der Waals surface area contributed by atoms with Gasteiger partial charge in [-0.3, -0.25) is 9.59 Å². The molecule has 3 aromatic carbocycles. The van der Waals surface area contributed by atoms with Gasteiger partial charge in [-0.05, 0) is 48.1 Å². The Hall–Kier alpha value is -4.43. The SMILES string of the molecule is C=CC[C@H](CC(=O)N[C@H](CO)Cc1ccc(OCc2ccccc2)cc1)C(=O)N1C(=O)OC[C@@H]1Cc1ccccc1. The van der Waals surface area contributed by atoms with Gasteiger partial charge in [-0.25, -0.2) is 9.69 Å². The second-order valence-corrected chi connectivity index (χ2v) is 10.1. The van der Waals surface area contributed by atoms with Crippen molar-refractivity contribution in [1.29, 1.82) is 0 Å². The predicted molar refractivity (Wildman–Crippen MR) is 155 cm³/mol. The highest BCUT2D eigenvalue weighted by atomic mass is 16.6. The third-order valence-corrected chi connectivity index (χ3v) is 6.98. The van der Waals surface area contributed by atoms with Crippen molar-refractivity contribution in [1.82, 2.24) is 10.2 Å². The van der Waals surface area contributed by atoms with Crippen LogP contribution in [0.5, 0.6) is 5.75 Å². The van der Waals surface area contributed by atoms with Crippen LogP contribution >= 0.6 is 0 Å². The molecule has 1 aliphatic rings. The molecule has 0 radical (unpaired) electrons. The second-order valence-electron chi connectivity index (χ2n) is 10.1. The first kappa shape index (κ1) is 29.6. The molecule has 0 spiro atoms. The number of hydrogen-bond donors (Lipinski definition) is 2. The largest absolute Gasteiger partial charge is 0.489 e. The number of aliphatic hydroxyl groups is 1. The second kappa shape index (κ2) is 14.8. The molecular weight excluding hydrogens is 520 g/mol. The maximum atomic E-state index is 13.4. The highest BCUT2D eigenvalue weighted by Gasteiger charge is 2.41. The van der Waals surface area contributed by atoms with Crippen LogP contribution in [0.15, 0.2) is 97.6 Å². The molecule has 8 nitrogen and oxygen atoms in total. The van der Waals surface area contributed by atoms with Gasteiger partial charge in [0.2, 0.25) is 11.8 Å². The fourth-order valence-corrected chi connectivity index (χ4v) is 4.86. The van der Waals surface area contributed by atoms with E-state index < -0.39 is 30.0 Å². The predicted octanol–water partition coefficient (Wildman–Crippen LogP) is 4.46. The quantitative estimate of drug-likeness (QED) is 0.284. The fraction of sp³-hybridized carbons (Fsp3) is 0.303. The van der Waals surface area contributed by atoms with E-state index in [1.54, 1.807) is 6.08 Å². The molecule has 3 amide bonds. The maximum absolute atomic E-state index is 13.4. The molecule has 8 heteroatoms. The van der Waals surface area contributed by atoms with E-state index in [4.69, 9.17) is 9.47 Å². The van der Waals surface area contributed by atoms with Crippen molar-refractivity contribution < 1.29 is 29.0 Å². The smallest absolute Gasteiger partial charge is 0.416 e. The van der Waals surface area contributed by atoms with E-state index in [-0.39, 0.29) is 32.0 Å². The molecule has 0 saturated carbocycles. The molecule has 4 rings (SSSR count). The molecule has 3 atom stereocenters. The average molecular weight is 557 g/mol. The number of hydrogen-bond acceptors (Lipinski definition) is 6. The van der Waals surface area contributed by atoms with Gasteiger partial charge in [0.25, 0.3) is 0 Å². The highest BCUT2D eigenvalue weighted by Crippen LogP contribution is 2.23. The molecular formula is C33H36N2O6. The van der Waals surface area contributed by atoms with E-state index in [0.717, 1.165) is 27.3 Å². The van der Waals surface area contributed by atoms with Crippen LogP contribution in [0.2, 0.25) is 0 Å². The summed E-state index contributed by atoms with van der Waals surface area (Å²) >= 11 is 0. The molecule has 2 N–H and O–H groups in total. The monoisotopic (exact) mass is 556 g/mol. The fourth-order valence-electron chi connectivity index (χ4n) is 4.86. The molecule has 0 aromatic heterocycles. The summed E-state index contributed by atoms with van der Waals surface area (Å²) in [5.74, 6) is -0.912. The summed E-state index contributed by atoms with van der Waals surface area (Å²) in [7, 11) is 0. The Morgan fingerprint density at radius 2 is 1.66 bits per heavy atom. The molecule has 0 bridgehead atoms. The van der Waals surface area contributed by atoms with Gasteiger partial charge < -0.3 is 19.9 Å². The van der Waals surface area contributed by atoms with Crippen LogP contribution in [0.25, 0.3) is 0 Å². The summed E-state index contributed by atoms with van der Waals surface area (Å²) < 4.78 is 11.0. The number of nitrogens with zero attached hydrogens (tertiary/aromatic N) is 1. The summed E-state index contributed by atoms with van der Waals surface area (Å²) in [6.45, 7) is 4.02. The molecule has 1 aliphatic heterocycles. The summed E-state index contributed by atoms with van der Waals surface area (Å²) in [6.07, 6.45) is 1.81. The molecule has 0 aliphatic carbocycles. The number of carbonyl (C=O) groups excluding carboxylic acids is 3. The van der Waals surface area contributed by atoms with Crippen LogP contribution in [0.4, 0.5) is 4.79 Å². The zero-order valence-corrected chi connectivity index (χ0v) is 23.0. The Bertz CT molecular complexity index is 1300. The van der Waals surface area contributed by atoms with Gasteiger partial charge in [-0.2, -0.15) is 0 Å². The van der Waals surface area contributed by atoms with Crippen molar-refractivity contribution in [2.75, 3.05) is 13.2 Å². The van der Waals surface area contributed by atoms with Crippen LogP contribution in [0.1, 0.15) is 29.5 Å². The number of rotatable bonds is 14. The first-order valence-corrected chi connectivity index (χ1v) is 13.8. The number of ether oxygens (including phenoxy) is 2. The Kier molecular flexibility index (Phi) is 10.7. The molecule has 214 valence electrons. The van der Waals surface area contributed by atoms with Gasteiger partial charge in [0.1, 0.15) is 19.0 Å². The van der Waals surface area contributed by atoms with Crippen molar-refractivity contribution in [3.8, 4) is 5.75 Å². The van der Waals surface area contributed by atoms with E-state index >= 15 is 0 Å². The number of allylic oxidation sites excluding steroid dienone is 1. The highest BCUT2D eigenvalue weighted by molar-refractivity contribution is 5.96. The van der Waals surface area contributed by atoms with E-state index in [1.165, 1.54) is 0 Å². The van der Waals surface area contributed by atoms with E-state index in [9.17, 15) is 19.5 Å². The third-order valence-electron chi connectivity index (χ3n) is 6.98. The number of imide groups is 1. The zero-order valence-electron chi connectivity index (χ0n) is 23.0. The van der Waals surface area contributed by atoms with Crippen LogP contribution in [0, 0.1) is 5.92 Å². The van der Waals surface area contributed by atoms with Gasteiger partial charge in [-0.15, -0.1) is 6.58 Å². The zero-order chi connectivity index (χ0) is 29.0. The Labute approximate surface area is 240 Å². The first-order chi connectivity index (χ1) is 20.0. The van der Waals surface area contributed by atoms with Gasteiger partial charge in [-0.1, -0.05) is 78.9 Å². The summed E-state index contributed by atoms with van der Waals surface area (Å²) in [6, 6.07) is 25.9. The van der Waals surface area contributed by atoms with Crippen molar-refractivity contribution in [3.05, 3.63) is 114 Å². The van der Waals surface area contributed by atoms with Gasteiger partial charge >= 0.3 is 6.09 Å². The van der Waals surface area contributed by atoms with Crippen molar-refractivity contribution in [3.63, 3.8) is 0 Å². The lowest BCUT2D eigenvalue weighted by atomic mass is 9.97. The number of cyclic esters (lactones) is 1. The lowest BCUT2D eigenvalue weighted by Crippen LogP contribution is -2.46. The van der Waals surface area contributed by atoms with E-state index in [0.29, 0.717) is 19.4 Å². The van der Waals surface area contributed by atoms with Crippen LogP contribution in [0.3, 0.4) is 0 Å². The number of nitrogens with one attached hydrogen (secondary N) is 1. The van der Waals surface area contributed by atoms with Gasteiger partial charge in [0.05, 0.1) is 24.6 Å². The molecule has 0 unspecified atom stereocenters. The van der Waals surface area contributed by atoms with E-state index in [1.807, 2.05) is 84.9 Å². The number of aliphatic hydroxyl groups excluding tert-OH is 1. The van der Waals surface area contributed by atoms with Crippen molar-refractivity contribution in [2.24, 2.45) is 5.92 Å². The van der Waals surface area contributed by atoms with Gasteiger partial charge in [0.15, 0.2) is 0 Å². The number of benzene rings is 3. The Morgan fingerprint density at radius 3 is 2.29 bits per heavy atom. The van der Waals surface area contributed by atoms with E-state index in [2.05, 4.69) is 11.9 Å². The summed E-state index contributed by atoms with van der Waals surface area (Å²) in [5.41, 5.74) is 2.97. The minimum atomic E-state index is -0.781. The lowest BCUT2D eigenvalue weighted by Gasteiger charge is -2.25. The number of amides is 3. The van der Waals surface area contributed by atoms with Crippen LogP contribution in [-0.4, -0.2) is 53.2 Å². The Morgan fingerprint density at radius 1 is 1.00 bits per heavy atom. The topological polar surface area (TPSA) is 105 Å². The molecule has 1 saturated heterocycles. The first-order valence-electron chi connectivity index (χ1n) is 13.8. The average Bonchev–Trinajstić information content (AvgIpc) is 3.36. The third kappa shape index (κ3) is 8.53. The minimum absolute atomic E-state index is 0.106. The standard InChI is InChI=1S/C33H36N2O6/c1-2-9-27(32(38)35-29(23-41-33(35)39)19-24-10-5-3-6-11-24)20-31(37)34-28(21-36)18-25-14-16-30(17-15-25)40-22-26-12-7-4-8-13-26/h2-8,10-17,27-29,36H,1,9,18-23H2,(H,34,37)/t27-,28+,29+/m1/s1. The van der Waals surface area contributed by atoms with Crippen LogP contribution in [-0.2, 0) is 33.8 Å². The normalized spacial score (nSPS) is 16.0. The number of carbonyl (C=O) groups is 3. The molecule has 41 heavy (non-hydrogen) atoms. The Balaban J connectivity index is 1.32. The molecule has 1 fully saturated rings.